The largest absolute Gasteiger partial charge is 0.456 e. The first-order valence-corrected chi connectivity index (χ1v) is 23.7. The number of furan rings is 1. The Balaban J connectivity index is 1.15. The Morgan fingerprint density at radius 1 is 0.516 bits per heavy atom. The van der Waals surface area contributed by atoms with E-state index in [0.717, 1.165) is 21.9 Å². The molecule has 11 aromatic rings. The van der Waals surface area contributed by atoms with Gasteiger partial charge in [-0.1, -0.05) is 134 Å². The number of nitrogens with zero attached hydrogens (tertiary/aromatic N) is 2. The van der Waals surface area contributed by atoms with Crippen LogP contribution in [0.5, 0.6) is 0 Å². The number of hydrogen-bond acceptors (Lipinski definition) is 3. The van der Waals surface area contributed by atoms with E-state index in [1.807, 2.05) is 11.3 Å². The lowest BCUT2D eigenvalue weighted by Crippen LogP contribution is -2.60. The van der Waals surface area contributed by atoms with Gasteiger partial charge in [-0.25, -0.2) is 0 Å². The Morgan fingerprint density at radius 3 is 2.08 bits per heavy atom. The first kappa shape index (κ1) is 36.9. The van der Waals surface area contributed by atoms with Crippen molar-refractivity contribution >= 4 is 104 Å². The molecule has 2 aliphatic heterocycles. The van der Waals surface area contributed by atoms with Crippen molar-refractivity contribution in [1.82, 2.24) is 4.57 Å². The molecule has 0 radical (unpaired) electrons. The number of anilines is 2. The number of thiophene rings is 1. The van der Waals surface area contributed by atoms with Crippen molar-refractivity contribution in [2.75, 3.05) is 4.81 Å². The van der Waals surface area contributed by atoms with E-state index in [9.17, 15) is 0 Å². The molecule has 0 unspecified atom stereocenters. The molecule has 5 heterocycles. The van der Waals surface area contributed by atoms with Gasteiger partial charge in [0.1, 0.15) is 11.2 Å². The molecule has 3 aliphatic rings. The Hall–Kier alpha value is -6.56. The molecule has 0 N–H and O–H groups in total. The molecule has 3 nitrogen and oxygen atoms in total. The van der Waals surface area contributed by atoms with Crippen molar-refractivity contribution in [3.05, 3.63) is 162 Å². The standard InChI is InChI=1S/C59H47BN2OS/c1-57(2,3)32-17-20-34(21-18-32)62-49-28-44-43-25-33(58(4,5)6)19-24-53(43)64-54(44)29-41(49)37-22-23-38-40-26-42-36-14-10-12-16-51(36)63-52(42)31-48(40)61-50-30-46-39(27-47(50)60(62)55(37)56(38)61)35-13-9-11-15-45(35)59(46,7)8/h9-31H,1-8H3. The van der Waals surface area contributed by atoms with Crippen molar-refractivity contribution in [1.29, 1.82) is 0 Å². The Morgan fingerprint density at radius 2 is 1.27 bits per heavy atom. The normalized spacial score (nSPS) is 14.9. The fourth-order valence-electron chi connectivity index (χ4n) is 11.9. The van der Waals surface area contributed by atoms with E-state index >= 15 is 0 Å². The van der Waals surface area contributed by atoms with E-state index in [4.69, 9.17) is 4.42 Å². The highest BCUT2D eigenvalue weighted by molar-refractivity contribution is 7.25. The molecule has 14 rings (SSSR count). The summed E-state index contributed by atoms with van der Waals surface area (Å²) >= 11 is 1.92. The van der Waals surface area contributed by atoms with E-state index in [1.54, 1.807) is 0 Å². The molecule has 0 atom stereocenters. The third kappa shape index (κ3) is 4.68. The molecule has 0 saturated heterocycles. The Kier molecular flexibility index (Phi) is 6.89. The predicted molar refractivity (Wildman–Crippen MR) is 275 cm³/mol. The molecule has 308 valence electrons. The monoisotopic (exact) mass is 842 g/mol. The number of aromatic nitrogens is 1. The fraction of sp³-hybridized carbons (Fsp3) is 0.186. The molecule has 1 aliphatic carbocycles. The van der Waals surface area contributed by atoms with Gasteiger partial charge < -0.3 is 13.8 Å². The fourth-order valence-corrected chi connectivity index (χ4v) is 13.0. The zero-order valence-electron chi connectivity index (χ0n) is 37.6. The average Bonchev–Trinajstić information content (AvgIpc) is 3.99. The van der Waals surface area contributed by atoms with Crippen molar-refractivity contribution in [2.24, 2.45) is 0 Å². The van der Waals surface area contributed by atoms with Gasteiger partial charge in [0.2, 0.25) is 0 Å². The van der Waals surface area contributed by atoms with Gasteiger partial charge in [-0.05, 0) is 115 Å². The van der Waals surface area contributed by atoms with Crippen molar-refractivity contribution in [2.45, 2.75) is 71.6 Å². The topological polar surface area (TPSA) is 21.3 Å². The van der Waals surface area contributed by atoms with Crippen LogP contribution in [0.25, 0.3) is 91.9 Å². The van der Waals surface area contributed by atoms with Gasteiger partial charge in [-0.3, -0.25) is 0 Å². The maximum absolute atomic E-state index is 6.64. The van der Waals surface area contributed by atoms with E-state index in [1.165, 1.54) is 114 Å². The first-order chi connectivity index (χ1) is 30.7. The second-order valence-corrected chi connectivity index (χ2v) is 22.4. The minimum absolute atomic E-state index is 0.0350. The summed E-state index contributed by atoms with van der Waals surface area (Å²) in [7, 11) is 0. The van der Waals surface area contributed by atoms with Crippen LogP contribution in [0.1, 0.15) is 77.6 Å². The number of fused-ring (bicyclic) bond motifs is 17. The smallest absolute Gasteiger partial charge is 0.333 e. The van der Waals surface area contributed by atoms with Gasteiger partial charge in [0, 0.05) is 75.8 Å². The summed E-state index contributed by atoms with van der Waals surface area (Å²) < 4.78 is 11.9. The maximum atomic E-state index is 6.64. The van der Waals surface area contributed by atoms with Gasteiger partial charge >= 0.3 is 6.85 Å². The van der Waals surface area contributed by atoms with Gasteiger partial charge in [0.25, 0.3) is 0 Å². The van der Waals surface area contributed by atoms with Gasteiger partial charge in [0.15, 0.2) is 0 Å². The zero-order chi connectivity index (χ0) is 43.3. The molecule has 64 heavy (non-hydrogen) atoms. The molecule has 0 bridgehead atoms. The van der Waals surface area contributed by atoms with Crippen LogP contribution < -0.4 is 15.7 Å². The maximum Gasteiger partial charge on any atom is 0.333 e. The summed E-state index contributed by atoms with van der Waals surface area (Å²) in [6.45, 7) is 18.6. The molecule has 3 aromatic heterocycles. The van der Waals surface area contributed by atoms with Crippen LogP contribution in [0.4, 0.5) is 11.4 Å². The first-order valence-electron chi connectivity index (χ1n) is 22.9. The minimum atomic E-state index is -0.156. The number of para-hydroxylation sites is 1. The Bertz CT molecular complexity index is 3900. The van der Waals surface area contributed by atoms with Crippen LogP contribution in [0.15, 0.2) is 144 Å². The molecule has 0 saturated carbocycles. The lowest BCUT2D eigenvalue weighted by atomic mass is 9.43. The van der Waals surface area contributed by atoms with Gasteiger partial charge in [0.05, 0.1) is 11.0 Å². The lowest BCUT2D eigenvalue weighted by molar-refractivity contribution is 0.590. The van der Waals surface area contributed by atoms with Crippen molar-refractivity contribution in [3.63, 3.8) is 0 Å². The summed E-state index contributed by atoms with van der Waals surface area (Å²) in [6.07, 6.45) is 0. The molecule has 8 aromatic carbocycles. The third-order valence-electron chi connectivity index (χ3n) is 15.3. The number of rotatable bonds is 1. The molecule has 0 spiro atoms. The van der Waals surface area contributed by atoms with Crippen LogP contribution >= 0.6 is 11.3 Å². The summed E-state index contributed by atoms with van der Waals surface area (Å²) in [5, 5.41) is 7.53. The SMILES string of the molecule is CC(C)(C)c1ccc(N2B3c4cc5c(cc4-n4c6cc7oc8ccccc8c7cc6c6ccc(c3c64)-c3cc4sc6ccc(C(C)(C)C)cc6c4cc32)C(C)(C)c2ccccc2-5)cc1. The number of hydrogen-bond donors (Lipinski definition) is 0. The highest BCUT2D eigenvalue weighted by Crippen LogP contribution is 2.53. The van der Waals surface area contributed by atoms with E-state index in [0.29, 0.717) is 0 Å². The van der Waals surface area contributed by atoms with Crippen LogP contribution in [0.2, 0.25) is 0 Å². The highest BCUT2D eigenvalue weighted by Gasteiger charge is 2.46. The second kappa shape index (κ2) is 12.0. The Labute approximate surface area is 377 Å². The molecular formula is C59H47BN2OS. The molecule has 0 fully saturated rings. The second-order valence-electron chi connectivity index (χ2n) is 21.3. The van der Waals surface area contributed by atoms with E-state index in [2.05, 4.69) is 204 Å². The quantitative estimate of drug-likeness (QED) is 0.154. The molecular weight excluding hydrogens is 796 g/mol. The van der Waals surface area contributed by atoms with E-state index in [-0.39, 0.29) is 23.1 Å². The summed E-state index contributed by atoms with van der Waals surface area (Å²) in [5.74, 6) is 0. The zero-order valence-corrected chi connectivity index (χ0v) is 38.4. The highest BCUT2D eigenvalue weighted by atomic mass is 32.1. The summed E-state index contributed by atoms with van der Waals surface area (Å²) in [4.78, 5) is 2.71. The van der Waals surface area contributed by atoms with Crippen LogP contribution in [-0.2, 0) is 16.2 Å². The van der Waals surface area contributed by atoms with Gasteiger partial charge in [-0.2, -0.15) is 0 Å². The molecule has 5 heteroatoms. The summed E-state index contributed by atoms with van der Waals surface area (Å²) in [5.41, 5.74) is 21.4. The van der Waals surface area contributed by atoms with Crippen LogP contribution in [-0.4, -0.2) is 11.4 Å². The minimum Gasteiger partial charge on any atom is -0.456 e. The average molecular weight is 843 g/mol. The van der Waals surface area contributed by atoms with Crippen molar-refractivity contribution in [3.8, 4) is 27.9 Å². The predicted octanol–water partition coefficient (Wildman–Crippen LogP) is 15.2. The van der Waals surface area contributed by atoms with Gasteiger partial charge in [-0.15, -0.1) is 11.3 Å². The summed E-state index contributed by atoms with van der Waals surface area (Å²) in [6, 6.07) is 54.0. The third-order valence-corrected chi connectivity index (χ3v) is 16.4. The number of benzene rings is 8. The van der Waals surface area contributed by atoms with Crippen molar-refractivity contribution < 1.29 is 4.42 Å². The molecule has 0 amide bonds. The van der Waals surface area contributed by atoms with Crippen LogP contribution in [0.3, 0.4) is 0 Å². The lowest BCUT2D eigenvalue weighted by Gasteiger charge is -2.42. The van der Waals surface area contributed by atoms with Crippen LogP contribution in [0, 0.1) is 0 Å². The van der Waals surface area contributed by atoms with E-state index < -0.39 is 0 Å².